The predicted octanol–water partition coefficient (Wildman–Crippen LogP) is 5.52. The van der Waals surface area contributed by atoms with E-state index in [-0.39, 0.29) is 5.91 Å². The Hall–Kier alpha value is -3.21. The number of nitrogens with one attached hydrogen (secondary N) is 2. The lowest BCUT2D eigenvalue weighted by Crippen LogP contribution is -2.15. The average molecular weight is 374 g/mol. The Labute approximate surface area is 166 Å². The Morgan fingerprint density at radius 2 is 1.68 bits per heavy atom. The Morgan fingerprint density at radius 3 is 2.36 bits per heavy atom. The summed E-state index contributed by atoms with van der Waals surface area (Å²) in [7, 11) is 0. The molecule has 2 aromatic carbocycles. The van der Waals surface area contributed by atoms with Crippen LogP contribution in [0.5, 0.6) is 0 Å². The first-order valence-corrected chi connectivity index (χ1v) is 9.42. The van der Waals surface area contributed by atoms with Gasteiger partial charge in [0.25, 0.3) is 5.91 Å². The van der Waals surface area contributed by atoms with Crippen molar-refractivity contribution < 1.29 is 4.79 Å². The Morgan fingerprint density at radius 1 is 0.964 bits per heavy atom. The molecule has 0 spiro atoms. The molecule has 0 saturated heterocycles. The lowest BCUT2D eigenvalue weighted by atomic mass is 9.98. The van der Waals surface area contributed by atoms with Crippen LogP contribution in [-0.4, -0.2) is 15.9 Å². The molecule has 5 heteroatoms. The van der Waals surface area contributed by atoms with Gasteiger partial charge in [0.05, 0.1) is 5.56 Å². The van der Waals surface area contributed by atoms with Crippen LogP contribution in [0.2, 0.25) is 0 Å². The quantitative estimate of drug-likeness (QED) is 0.617. The number of amides is 1. The summed E-state index contributed by atoms with van der Waals surface area (Å²) >= 11 is 0. The van der Waals surface area contributed by atoms with E-state index in [4.69, 9.17) is 0 Å². The lowest BCUT2D eigenvalue weighted by molar-refractivity contribution is 0.102. The number of benzene rings is 2. The van der Waals surface area contributed by atoms with Crippen molar-refractivity contribution >= 4 is 23.2 Å². The third-order valence-corrected chi connectivity index (χ3v) is 4.72. The molecule has 0 unspecified atom stereocenters. The fourth-order valence-electron chi connectivity index (χ4n) is 3.03. The Bertz CT molecular complexity index is 994. The molecule has 1 aromatic heterocycles. The molecular formula is C23H26N4O. The molecule has 1 heterocycles. The molecule has 3 rings (SSSR count). The third-order valence-electron chi connectivity index (χ3n) is 4.72. The minimum absolute atomic E-state index is 0.213. The minimum Gasteiger partial charge on any atom is -0.324 e. The fourth-order valence-corrected chi connectivity index (χ4v) is 3.03. The molecule has 1 amide bonds. The molecule has 28 heavy (non-hydrogen) atoms. The first-order valence-electron chi connectivity index (χ1n) is 9.42. The van der Waals surface area contributed by atoms with E-state index < -0.39 is 0 Å². The highest BCUT2D eigenvalue weighted by Crippen LogP contribution is 2.28. The van der Waals surface area contributed by atoms with Crippen molar-refractivity contribution in [3.63, 3.8) is 0 Å². The molecule has 0 saturated carbocycles. The van der Waals surface area contributed by atoms with E-state index in [0.29, 0.717) is 17.4 Å². The number of carbonyl (C=O) groups is 1. The summed E-state index contributed by atoms with van der Waals surface area (Å²) in [5.41, 5.74) is 6.65. The summed E-state index contributed by atoms with van der Waals surface area (Å²) < 4.78 is 0. The van der Waals surface area contributed by atoms with E-state index in [0.717, 1.165) is 33.6 Å². The zero-order chi connectivity index (χ0) is 20.3. The van der Waals surface area contributed by atoms with E-state index in [9.17, 15) is 4.79 Å². The van der Waals surface area contributed by atoms with Crippen LogP contribution < -0.4 is 10.6 Å². The number of hydrogen-bond acceptors (Lipinski definition) is 4. The molecule has 0 fully saturated rings. The number of hydrogen-bond donors (Lipinski definition) is 2. The van der Waals surface area contributed by atoms with Gasteiger partial charge in [0, 0.05) is 23.8 Å². The van der Waals surface area contributed by atoms with E-state index in [1.54, 1.807) is 12.4 Å². The van der Waals surface area contributed by atoms with Crippen molar-refractivity contribution in [1.29, 1.82) is 0 Å². The van der Waals surface area contributed by atoms with Crippen molar-refractivity contribution in [3.8, 4) is 0 Å². The number of carbonyl (C=O) groups excluding carboxylic acids is 1. The number of aromatic nitrogens is 2. The summed E-state index contributed by atoms with van der Waals surface area (Å²) in [5, 5.41) is 6.23. The monoisotopic (exact) mass is 374 g/mol. The van der Waals surface area contributed by atoms with Crippen molar-refractivity contribution in [2.24, 2.45) is 0 Å². The average Bonchev–Trinajstić information content (AvgIpc) is 2.66. The fraction of sp³-hybridized carbons (Fsp3) is 0.261. The summed E-state index contributed by atoms with van der Waals surface area (Å²) in [5.74, 6) is 0.564. The van der Waals surface area contributed by atoms with Gasteiger partial charge in [-0.05, 0) is 55.0 Å². The van der Waals surface area contributed by atoms with Gasteiger partial charge in [0.1, 0.15) is 0 Å². The maximum atomic E-state index is 12.7. The number of rotatable bonds is 5. The molecule has 0 radical (unpaired) electrons. The number of para-hydroxylation sites is 1. The van der Waals surface area contributed by atoms with Gasteiger partial charge in [-0.25, -0.2) is 9.97 Å². The first-order chi connectivity index (χ1) is 13.3. The van der Waals surface area contributed by atoms with Crippen molar-refractivity contribution in [3.05, 3.63) is 76.6 Å². The molecule has 5 nitrogen and oxygen atoms in total. The van der Waals surface area contributed by atoms with Crippen LogP contribution in [0.1, 0.15) is 52.4 Å². The normalized spacial score (nSPS) is 10.8. The maximum Gasteiger partial charge on any atom is 0.258 e. The SMILES string of the molecule is Cc1ccc(C)c(Nc2ncc(C(=O)Nc3c(C)cccc3C(C)C)cn2)c1. The van der Waals surface area contributed by atoms with Crippen LogP contribution in [0.4, 0.5) is 17.3 Å². The van der Waals surface area contributed by atoms with E-state index >= 15 is 0 Å². The number of nitrogens with zero attached hydrogens (tertiary/aromatic N) is 2. The van der Waals surface area contributed by atoms with Gasteiger partial charge in [-0.2, -0.15) is 0 Å². The largest absolute Gasteiger partial charge is 0.324 e. The van der Waals surface area contributed by atoms with Gasteiger partial charge >= 0.3 is 0 Å². The van der Waals surface area contributed by atoms with Gasteiger partial charge in [-0.1, -0.05) is 44.2 Å². The molecule has 144 valence electrons. The van der Waals surface area contributed by atoms with Crippen LogP contribution in [0.25, 0.3) is 0 Å². The molecule has 0 bridgehead atoms. The van der Waals surface area contributed by atoms with Crippen molar-refractivity contribution in [2.75, 3.05) is 10.6 Å². The summed E-state index contributed by atoms with van der Waals surface area (Å²) in [6.07, 6.45) is 3.09. The summed E-state index contributed by atoms with van der Waals surface area (Å²) in [6.45, 7) is 10.3. The maximum absolute atomic E-state index is 12.7. The third kappa shape index (κ3) is 4.36. The first kappa shape index (κ1) is 19.5. The van der Waals surface area contributed by atoms with Gasteiger partial charge in [0.15, 0.2) is 0 Å². The highest BCUT2D eigenvalue weighted by molar-refractivity contribution is 6.04. The van der Waals surface area contributed by atoms with Gasteiger partial charge < -0.3 is 10.6 Å². The van der Waals surface area contributed by atoms with Crippen LogP contribution >= 0.6 is 0 Å². The summed E-state index contributed by atoms with van der Waals surface area (Å²) in [4.78, 5) is 21.3. The number of aryl methyl sites for hydroxylation is 3. The van der Waals surface area contributed by atoms with E-state index in [1.165, 1.54) is 0 Å². The topological polar surface area (TPSA) is 66.9 Å². The summed E-state index contributed by atoms with van der Waals surface area (Å²) in [6, 6.07) is 12.2. The van der Waals surface area contributed by atoms with Gasteiger partial charge in [0.2, 0.25) is 5.95 Å². The molecule has 0 aliphatic rings. The number of anilines is 3. The van der Waals surface area contributed by atoms with Crippen LogP contribution in [0.15, 0.2) is 48.8 Å². The highest BCUT2D eigenvalue weighted by Gasteiger charge is 2.14. The molecular weight excluding hydrogens is 348 g/mol. The molecule has 3 aromatic rings. The van der Waals surface area contributed by atoms with E-state index in [1.807, 2.05) is 51.1 Å². The Kier molecular flexibility index (Phi) is 5.73. The smallest absolute Gasteiger partial charge is 0.258 e. The van der Waals surface area contributed by atoms with Crippen LogP contribution in [0.3, 0.4) is 0 Å². The van der Waals surface area contributed by atoms with Crippen LogP contribution in [0, 0.1) is 20.8 Å². The second kappa shape index (κ2) is 8.21. The molecule has 0 atom stereocenters. The van der Waals surface area contributed by atoms with E-state index in [2.05, 4.69) is 40.5 Å². The zero-order valence-corrected chi connectivity index (χ0v) is 17.0. The second-order valence-corrected chi connectivity index (χ2v) is 7.39. The molecule has 2 N–H and O–H groups in total. The molecule has 0 aliphatic carbocycles. The van der Waals surface area contributed by atoms with Gasteiger partial charge in [-0.3, -0.25) is 4.79 Å². The predicted molar refractivity (Wildman–Crippen MR) is 114 cm³/mol. The van der Waals surface area contributed by atoms with Crippen LogP contribution in [-0.2, 0) is 0 Å². The second-order valence-electron chi connectivity index (χ2n) is 7.39. The minimum atomic E-state index is -0.213. The highest BCUT2D eigenvalue weighted by atomic mass is 16.1. The standard InChI is InChI=1S/C23H26N4O/c1-14(2)19-8-6-7-17(5)21(19)27-22(28)18-12-24-23(25-13-18)26-20-11-15(3)9-10-16(20)4/h6-14H,1-5H3,(H,27,28)(H,24,25,26). The van der Waals surface area contributed by atoms with Crippen molar-refractivity contribution in [2.45, 2.75) is 40.5 Å². The lowest BCUT2D eigenvalue weighted by Gasteiger charge is -2.16. The molecule has 0 aliphatic heterocycles. The Balaban J connectivity index is 1.77. The zero-order valence-electron chi connectivity index (χ0n) is 17.0. The van der Waals surface area contributed by atoms with Crippen molar-refractivity contribution in [1.82, 2.24) is 9.97 Å². The van der Waals surface area contributed by atoms with Gasteiger partial charge in [-0.15, -0.1) is 0 Å².